The number of rotatable bonds is 1. The minimum absolute atomic E-state index is 0.0125. The molecule has 0 N–H and O–H groups in total. The quantitative estimate of drug-likeness (QED) is 0.757. The van der Waals surface area contributed by atoms with Crippen molar-refractivity contribution in [1.82, 2.24) is 9.97 Å². The van der Waals surface area contributed by atoms with Gasteiger partial charge in [-0.25, -0.2) is 18.7 Å². The maximum Gasteiger partial charge on any atom is 0.163 e. The van der Waals surface area contributed by atoms with E-state index in [1.807, 2.05) is 6.07 Å². The number of halogens is 2. The van der Waals surface area contributed by atoms with Crippen molar-refractivity contribution in [3.63, 3.8) is 0 Å². The van der Waals surface area contributed by atoms with Crippen LogP contribution in [0.2, 0.25) is 0 Å². The van der Waals surface area contributed by atoms with Crippen molar-refractivity contribution in [2.24, 2.45) is 0 Å². The molecule has 0 aliphatic heterocycles. The Morgan fingerprint density at radius 3 is 2.65 bits per heavy atom. The summed E-state index contributed by atoms with van der Waals surface area (Å²) < 4.78 is 26.5. The van der Waals surface area contributed by atoms with Crippen molar-refractivity contribution < 1.29 is 8.78 Å². The fourth-order valence-corrected chi connectivity index (χ4v) is 1.42. The van der Waals surface area contributed by atoms with E-state index in [1.54, 1.807) is 6.92 Å². The van der Waals surface area contributed by atoms with Gasteiger partial charge in [0.1, 0.15) is 23.4 Å². The van der Waals surface area contributed by atoms with Crippen LogP contribution in [0.15, 0.2) is 24.3 Å². The van der Waals surface area contributed by atoms with E-state index in [0.717, 1.165) is 18.2 Å². The van der Waals surface area contributed by atoms with E-state index < -0.39 is 11.6 Å². The lowest BCUT2D eigenvalue weighted by molar-refractivity contribution is 0.602. The molecule has 1 aromatic heterocycles. The highest BCUT2D eigenvalue weighted by Crippen LogP contribution is 2.20. The molecular formula is C12H7F2N3. The Morgan fingerprint density at radius 1 is 1.18 bits per heavy atom. The summed E-state index contributed by atoms with van der Waals surface area (Å²) >= 11 is 0. The second-order valence-electron chi connectivity index (χ2n) is 3.45. The molecule has 0 amide bonds. The fourth-order valence-electron chi connectivity index (χ4n) is 1.42. The summed E-state index contributed by atoms with van der Waals surface area (Å²) in [4.78, 5) is 7.83. The summed E-state index contributed by atoms with van der Waals surface area (Å²) in [6.45, 7) is 1.66. The highest BCUT2D eigenvalue weighted by molar-refractivity contribution is 5.56. The standard InChI is InChI=1S/C12H7F2N3/c1-7-4-9(6-15)17-12(16-7)10-5-8(13)2-3-11(10)14/h2-5H,1H3. The Hall–Kier alpha value is -2.35. The largest absolute Gasteiger partial charge is 0.233 e. The first kappa shape index (κ1) is 11.1. The maximum atomic E-state index is 13.5. The van der Waals surface area contributed by atoms with Gasteiger partial charge in [-0.15, -0.1) is 0 Å². The van der Waals surface area contributed by atoms with Crippen molar-refractivity contribution in [3.05, 3.63) is 47.3 Å². The number of hydrogen-bond donors (Lipinski definition) is 0. The molecule has 2 rings (SSSR count). The first-order chi connectivity index (χ1) is 8.10. The zero-order valence-electron chi connectivity index (χ0n) is 8.91. The highest BCUT2D eigenvalue weighted by Gasteiger charge is 2.11. The van der Waals surface area contributed by atoms with Crippen LogP contribution in [0.4, 0.5) is 8.78 Å². The van der Waals surface area contributed by atoms with Gasteiger partial charge < -0.3 is 0 Å². The van der Waals surface area contributed by atoms with Crippen LogP contribution in [-0.2, 0) is 0 Å². The smallest absolute Gasteiger partial charge is 0.163 e. The first-order valence-electron chi connectivity index (χ1n) is 4.81. The average Bonchev–Trinajstić information content (AvgIpc) is 2.31. The molecule has 0 aliphatic carbocycles. The summed E-state index contributed by atoms with van der Waals surface area (Å²) in [6, 6.07) is 6.34. The number of hydrogen-bond acceptors (Lipinski definition) is 3. The van der Waals surface area contributed by atoms with Crippen LogP contribution >= 0.6 is 0 Å². The van der Waals surface area contributed by atoms with Crippen molar-refractivity contribution in [3.8, 4) is 17.5 Å². The summed E-state index contributed by atoms with van der Waals surface area (Å²) in [7, 11) is 0. The predicted octanol–water partition coefficient (Wildman–Crippen LogP) is 2.60. The molecule has 17 heavy (non-hydrogen) atoms. The monoisotopic (exact) mass is 231 g/mol. The Balaban J connectivity index is 2.64. The van der Waals surface area contributed by atoms with Gasteiger partial charge in [-0.05, 0) is 31.2 Å². The van der Waals surface area contributed by atoms with Crippen LogP contribution in [-0.4, -0.2) is 9.97 Å². The average molecular weight is 231 g/mol. The molecule has 5 heteroatoms. The molecule has 0 unspecified atom stereocenters. The van der Waals surface area contributed by atoms with E-state index in [0.29, 0.717) is 5.69 Å². The van der Waals surface area contributed by atoms with Gasteiger partial charge in [0, 0.05) is 5.69 Å². The minimum atomic E-state index is -0.624. The third-order valence-electron chi connectivity index (χ3n) is 2.14. The second-order valence-corrected chi connectivity index (χ2v) is 3.45. The lowest BCUT2D eigenvalue weighted by Crippen LogP contribution is -1.97. The van der Waals surface area contributed by atoms with Gasteiger partial charge in [0.15, 0.2) is 5.82 Å². The molecule has 0 radical (unpaired) electrons. The van der Waals surface area contributed by atoms with E-state index in [-0.39, 0.29) is 17.1 Å². The summed E-state index contributed by atoms with van der Waals surface area (Å²) in [5.41, 5.74) is 0.594. The lowest BCUT2D eigenvalue weighted by atomic mass is 10.2. The van der Waals surface area contributed by atoms with Gasteiger partial charge in [-0.1, -0.05) is 0 Å². The van der Waals surface area contributed by atoms with Gasteiger partial charge in [0.05, 0.1) is 5.56 Å². The fraction of sp³-hybridized carbons (Fsp3) is 0.0833. The first-order valence-corrected chi connectivity index (χ1v) is 4.81. The highest BCUT2D eigenvalue weighted by atomic mass is 19.1. The predicted molar refractivity (Wildman–Crippen MR) is 56.8 cm³/mol. The zero-order valence-corrected chi connectivity index (χ0v) is 8.91. The Morgan fingerprint density at radius 2 is 1.94 bits per heavy atom. The van der Waals surface area contributed by atoms with Crippen LogP contribution < -0.4 is 0 Å². The second kappa shape index (κ2) is 4.26. The molecule has 0 aliphatic rings. The number of aromatic nitrogens is 2. The zero-order chi connectivity index (χ0) is 12.4. The molecule has 0 spiro atoms. The normalized spacial score (nSPS) is 10.0. The van der Waals surface area contributed by atoms with E-state index in [1.165, 1.54) is 6.07 Å². The van der Waals surface area contributed by atoms with Crippen molar-refractivity contribution in [2.75, 3.05) is 0 Å². The molecular weight excluding hydrogens is 224 g/mol. The molecule has 3 nitrogen and oxygen atoms in total. The molecule has 84 valence electrons. The van der Waals surface area contributed by atoms with Crippen molar-refractivity contribution in [1.29, 1.82) is 5.26 Å². The van der Waals surface area contributed by atoms with Gasteiger partial charge in [-0.2, -0.15) is 5.26 Å². The molecule has 0 fully saturated rings. The van der Waals surface area contributed by atoms with Crippen molar-refractivity contribution in [2.45, 2.75) is 6.92 Å². The topological polar surface area (TPSA) is 49.6 Å². The SMILES string of the molecule is Cc1cc(C#N)nc(-c2cc(F)ccc2F)n1. The molecule has 0 saturated carbocycles. The van der Waals surface area contributed by atoms with Crippen LogP contribution in [0.5, 0.6) is 0 Å². The summed E-state index contributed by atoms with van der Waals surface area (Å²) in [6.07, 6.45) is 0. The van der Waals surface area contributed by atoms with Gasteiger partial charge >= 0.3 is 0 Å². The van der Waals surface area contributed by atoms with Crippen LogP contribution in [0.25, 0.3) is 11.4 Å². The Kier molecular flexibility index (Phi) is 2.79. The number of benzene rings is 1. The lowest BCUT2D eigenvalue weighted by Gasteiger charge is -2.03. The van der Waals surface area contributed by atoms with E-state index >= 15 is 0 Å². The molecule has 1 heterocycles. The van der Waals surface area contributed by atoms with E-state index in [4.69, 9.17) is 5.26 Å². The van der Waals surface area contributed by atoms with Crippen LogP contribution in [0.1, 0.15) is 11.4 Å². The number of nitrogens with zero attached hydrogens (tertiary/aromatic N) is 3. The van der Waals surface area contributed by atoms with Crippen LogP contribution in [0, 0.1) is 29.9 Å². The molecule has 2 aromatic rings. The van der Waals surface area contributed by atoms with Crippen LogP contribution in [0.3, 0.4) is 0 Å². The van der Waals surface area contributed by atoms with Gasteiger partial charge in [0.2, 0.25) is 0 Å². The summed E-state index contributed by atoms with van der Waals surface area (Å²) in [5, 5.41) is 8.75. The number of aryl methyl sites for hydroxylation is 1. The van der Waals surface area contributed by atoms with E-state index in [2.05, 4.69) is 9.97 Å². The third kappa shape index (κ3) is 2.26. The molecule has 0 saturated heterocycles. The number of nitriles is 1. The Labute approximate surface area is 96.4 Å². The molecule has 1 aromatic carbocycles. The third-order valence-corrected chi connectivity index (χ3v) is 2.14. The minimum Gasteiger partial charge on any atom is -0.233 e. The van der Waals surface area contributed by atoms with Crippen molar-refractivity contribution >= 4 is 0 Å². The molecule has 0 bridgehead atoms. The molecule has 0 atom stereocenters. The van der Waals surface area contributed by atoms with E-state index in [9.17, 15) is 8.78 Å². The van der Waals surface area contributed by atoms with Gasteiger partial charge in [0.25, 0.3) is 0 Å². The maximum absolute atomic E-state index is 13.5. The van der Waals surface area contributed by atoms with Gasteiger partial charge in [-0.3, -0.25) is 0 Å². The Bertz CT molecular complexity index is 618. The summed E-state index contributed by atoms with van der Waals surface area (Å²) in [5.74, 6) is -1.19.